The molecule has 0 aromatic rings. The number of aliphatic hydroxyl groups excluding tert-OH is 1. The Kier molecular flexibility index (Phi) is 12.8. The smallest absolute Gasteiger partial charge is 0.0593 e. The highest BCUT2D eigenvalue weighted by atomic mass is 16.5. The van der Waals surface area contributed by atoms with E-state index >= 15 is 0 Å². The quantitative estimate of drug-likeness (QED) is 0.513. The monoisotopic (exact) mass is 233 g/mol. The number of hydrogen-bond donors (Lipinski definition) is 1. The summed E-state index contributed by atoms with van der Waals surface area (Å²) >= 11 is 0. The third-order valence-corrected chi connectivity index (χ3v) is 2.39. The second-order valence-corrected chi connectivity index (χ2v) is 3.67. The van der Waals surface area contributed by atoms with Crippen LogP contribution >= 0.6 is 0 Å². The van der Waals surface area contributed by atoms with E-state index in [1.54, 1.807) is 0 Å². The SMILES string of the molecule is CCOCCN(CCCCO)CCOCC. The number of unbranched alkanes of at least 4 members (excludes halogenated alkanes) is 1. The van der Waals surface area contributed by atoms with Crippen LogP contribution in [0.3, 0.4) is 0 Å². The maximum absolute atomic E-state index is 8.74. The largest absolute Gasteiger partial charge is 0.396 e. The van der Waals surface area contributed by atoms with Crippen molar-refractivity contribution in [1.29, 1.82) is 0 Å². The van der Waals surface area contributed by atoms with Gasteiger partial charge in [0.25, 0.3) is 0 Å². The Morgan fingerprint density at radius 2 is 1.44 bits per heavy atom. The van der Waals surface area contributed by atoms with Crippen LogP contribution in [0.4, 0.5) is 0 Å². The summed E-state index contributed by atoms with van der Waals surface area (Å²) in [5.74, 6) is 0. The Balaban J connectivity index is 3.58. The second-order valence-electron chi connectivity index (χ2n) is 3.67. The molecule has 16 heavy (non-hydrogen) atoms. The highest BCUT2D eigenvalue weighted by Crippen LogP contribution is 1.96. The summed E-state index contributed by atoms with van der Waals surface area (Å²) in [4.78, 5) is 2.33. The maximum atomic E-state index is 8.74. The van der Waals surface area contributed by atoms with Gasteiger partial charge < -0.3 is 14.6 Å². The molecule has 0 aliphatic carbocycles. The van der Waals surface area contributed by atoms with Crippen LogP contribution < -0.4 is 0 Å². The average molecular weight is 233 g/mol. The molecule has 98 valence electrons. The van der Waals surface area contributed by atoms with Crippen molar-refractivity contribution < 1.29 is 14.6 Å². The van der Waals surface area contributed by atoms with E-state index in [-0.39, 0.29) is 6.61 Å². The van der Waals surface area contributed by atoms with Crippen LogP contribution in [0.15, 0.2) is 0 Å². The first-order valence-corrected chi connectivity index (χ1v) is 6.33. The number of ether oxygens (including phenoxy) is 2. The van der Waals surface area contributed by atoms with Gasteiger partial charge >= 0.3 is 0 Å². The van der Waals surface area contributed by atoms with E-state index in [4.69, 9.17) is 14.6 Å². The molecule has 0 unspecified atom stereocenters. The lowest BCUT2D eigenvalue weighted by Gasteiger charge is -2.21. The maximum Gasteiger partial charge on any atom is 0.0593 e. The molecule has 0 bridgehead atoms. The summed E-state index contributed by atoms with van der Waals surface area (Å²) in [5, 5.41) is 8.74. The average Bonchev–Trinajstić information content (AvgIpc) is 2.29. The number of nitrogens with zero attached hydrogens (tertiary/aromatic N) is 1. The van der Waals surface area contributed by atoms with Gasteiger partial charge in [0, 0.05) is 32.9 Å². The van der Waals surface area contributed by atoms with Gasteiger partial charge in [0.05, 0.1) is 13.2 Å². The number of hydrogen-bond acceptors (Lipinski definition) is 4. The summed E-state index contributed by atoms with van der Waals surface area (Å²) in [5.41, 5.74) is 0. The van der Waals surface area contributed by atoms with Crippen molar-refractivity contribution in [3.8, 4) is 0 Å². The molecule has 0 spiro atoms. The molecule has 0 saturated heterocycles. The minimum absolute atomic E-state index is 0.283. The number of rotatable bonds is 12. The van der Waals surface area contributed by atoms with Crippen molar-refractivity contribution in [2.24, 2.45) is 0 Å². The van der Waals surface area contributed by atoms with E-state index in [1.807, 2.05) is 13.8 Å². The Bertz CT molecular complexity index is 110. The van der Waals surface area contributed by atoms with Gasteiger partial charge in [-0.3, -0.25) is 4.90 Å². The van der Waals surface area contributed by atoms with Crippen LogP contribution in [-0.4, -0.2) is 62.7 Å². The minimum Gasteiger partial charge on any atom is -0.396 e. The van der Waals surface area contributed by atoms with E-state index in [9.17, 15) is 0 Å². The summed E-state index contributed by atoms with van der Waals surface area (Å²) in [6.07, 6.45) is 1.91. The van der Waals surface area contributed by atoms with Gasteiger partial charge in [0.15, 0.2) is 0 Å². The van der Waals surface area contributed by atoms with Crippen LogP contribution in [-0.2, 0) is 9.47 Å². The van der Waals surface area contributed by atoms with Crippen LogP contribution in [0, 0.1) is 0 Å². The molecular weight excluding hydrogens is 206 g/mol. The zero-order valence-corrected chi connectivity index (χ0v) is 10.8. The molecule has 0 fully saturated rings. The fourth-order valence-electron chi connectivity index (χ4n) is 1.46. The summed E-state index contributed by atoms with van der Waals surface area (Å²) in [7, 11) is 0. The molecule has 4 nitrogen and oxygen atoms in total. The molecular formula is C12H27NO3. The van der Waals surface area contributed by atoms with Gasteiger partial charge in [0.1, 0.15) is 0 Å². The minimum atomic E-state index is 0.283. The van der Waals surface area contributed by atoms with Gasteiger partial charge in [-0.1, -0.05) is 0 Å². The van der Waals surface area contributed by atoms with Gasteiger partial charge in [-0.05, 0) is 33.2 Å². The van der Waals surface area contributed by atoms with E-state index in [1.165, 1.54) is 0 Å². The Morgan fingerprint density at radius 1 is 0.875 bits per heavy atom. The third-order valence-electron chi connectivity index (χ3n) is 2.39. The topological polar surface area (TPSA) is 41.9 Å². The predicted molar refractivity (Wildman–Crippen MR) is 65.7 cm³/mol. The van der Waals surface area contributed by atoms with Crippen molar-refractivity contribution in [1.82, 2.24) is 4.90 Å². The first kappa shape index (κ1) is 15.8. The molecule has 0 amide bonds. The first-order chi connectivity index (χ1) is 7.85. The lowest BCUT2D eigenvalue weighted by atomic mass is 10.3. The van der Waals surface area contributed by atoms with Crippen molar-refractivity contribution in [3.63, 3.8) is 0 Å². The summed E-state index contributed by atoms with van der Waals surface area (Å²) < 4.78 is 10.7. The van der Waals surface area contributed by atoms with Crippen molar-refractivity contribution in [2.45, 2.75) is 26.7 Å². The van der Waals surface area contributed by atoms with E-state index in [0.29, 0.717) is 0 Å². The Morgan fingerprint density at radius 3 is 1.88 bits per heavy atom. The molecule has 1 N–H and O–H groups in total. The molecule has 0 rings (SSSR count). The van der Waals surface area contributed by atoms with Gasteiger partial charge in [-0.15, -0.1) is 0 Å². The molecule has 0 atom stereocenters. The van der Waals surface area contributed by atoms with Crippen LogP contribution in [0.2, 0.25) is 0 Å². The Labute approximate surface area is 99.5 Å². The van der Waals surface area contributed by atoms with Gasteiger partial charge in [-0.25, -0.2) is 0 Å². The lowest BCUT2D eigenvalue weighted by molar-refractivity contribution is 0.0814. The fraction of sp³-hybridized carbons (Fsp3) is 1.00. The second kappa shape index (κ2) is 12.9. The summed E-state index contributed by atoms with van der Waals surface area (Å²) in [6.45, 7) is 10.3. The van der Waals surface area contributed by atoms with Crippen molar-refractivity contribution in [2.75, 3.05) is 52.7 Å². The molecule has 0 aliphatic rings. The van der Waals surface area contributed by atoms with E-state index in [0.717, 1.165) is 58.9 Å². The molecule has 0 heterocycles. The molecule has 0 radical (unpaired) electrons. The van der Waals surface area contributed by atoms with Crippen molar-refractivity contribution >= 4 is 0 Å². The zero-order chi connectivity index (χ0) is 12.1. The molecule has 0 aromatic carbocycles. The van der Waals surface area contributed by atoms with Crippen LogP contribution in [0.1, 0.15) is 26.7 Å². The van der Waals surface area contributed by atoms with Crippen LogP contribution in [0.5, 0.6) is 0 Å². The van der Waals surface area contributed by atoms with Gasteiger partial charge in [-0.2, -0.15) is 0 Å². The molecule has 0 saturated carbocycles. The van der Waals surface area contributed by atoms with Crippen molar-refractivity contribution in [3.05, 3.63) is 0 Å². The fourth-order valence-corrected chi connectivity index (χ4v) is 1.46. The number of aliphatic hydroxyl groups is 1. The van der Waals surface area contributed by atoms with Gasteiger partial charge in [0.2, 0.25) is 0 Å². The molecule has 0 aliphatic heterocycles. The van der Waals surface area contributed by atoms with E-state index < -0.39 is 0 Å². The third kappa shape index (κ3) is 10.4. The molecule has 4 heteroatoms. The van der Waals surface area contributed by atoms with E-state index in [2.05, 4.69) is 4.90 Å². The normalized spacial score (nSPS) is 11.2. The predicted octanol–water partition coefficient (Wildman–Crippen LogP) is 1.13. The highest BCUT2D eigenvalue weighted by molar-refractivity contribution is 4.57. The zero-order valence-electron chi connectivity index (χ0n) is 10.8. The molecule has 0 aromatic heterocycles. The Hall–Kier alpha value is -0.160. The highest BCUT2D eigenvalue weighted by Gasteiger charge is 2.04. The lowest BCUT2D eigenvalue weighted by Crippen LogP contribution is -2.32. The summed E-state index contributed by atoms with van der Waals surface area (Å²) in [6, 6.07) is 0. The van der Waals surface area contributed by atoms with Crippen LogP contribution in [0.25, 0.3) is 0 Å². The standard InChI is InChI=1S/C12H27NO3/c1-3-15-11-8-13(7-5-6-10-14)9-12-16-4-2/h14H,3-12H2,1-2H3. The first-order valence-electron chi connectivity index (χ1n) is 6.33.